The standard InChI is InChI=1S/C16H18FN3O6S3.Na/c1-28(23,24)19-8-9-20(13(10-19)16(21)18-22)29(25,26)15-7-6-14(27-15)11-2-4-12(17)5-3-11;/h2-7,13,22H,8-10H2,1H3,(H,18,21);/t13-;/m1./s1. The molecule has 1 aromatic carbocycles. The molecule has 2 aromatic rings. The molecule has 2 N–H and O–H groups in total. The van der Waals surface area contributed by atoms with Gasteiger partial charge in [-0.25, -0.2) is 26.7 Å². The number of carbonyl (C=O) groups excluding carboxylic acids is 1. The maximum Gasteiger partial charge on any atom is 0.263 e. The van der Waals surface area contributed by atoms with Gasteiger partial charge in [0.2, 0.25) is 10.0 Å². The number of hydrogen-bond acceptors (Lipinski definition) is 7. The largest absolute Gasteiger partial charge is 0.289 e. The molecule has 1 saturated heterocycles. The number of halogens is 1. The zero-order valence-corrected chi connectivity index (χ0v) is 20.6. The number of piperazine rings is 1. The predicted octanol–water partition coefficient (Wildman–Crippen LogP) is 0.313. The molecule has 3 rings (SSSR count). The molecule has 1 aliphatic heterocycles. The Bertz CT molecular complexity index is 1120. The first-order valence-corrected chi connectivity index (χ1v) is 12.4. The molecule has 1 aromatic heterocycles. The van der Waals surface area contributed by atoms with E-state index in [4.69, 9.17) is 5.21 Å². The van der Waals surface area contributed by atoms with Crippen LogP contribution < -0.4 is 5.48 Å². The van der Waals surface area contributed by atoms with E-state index in [1.165, 1.54) is 35.8 Å². The monoisotopic (exact) mass is 486 g/mol. The number of thiophene rings is 1. The van der Waals surface area contributed by atoms with Gasteiger partial charge in [-0.05, 0) is 29.8 Å². The summed E-state index contributed by atoms with van der Waals surface area (Å²) in [7, 11) is -7.79. The fraction of sp³-hybridized carbons (Fsp3) is 0.312. The van der Waals surface area contributed by atoms with Crippen LogP contribution in [0.3, 0.4) is 0 Å². The molecule has 1 amide bonds. The molecule has 1 aliphatic rings. The second-order valence-corrected chi connectivity index (χ2v) is 11.5. The van der Waals surface area contributed by atoms with E-state index in [0.717, 1.165) is 26.2 Å². The van der Waals surface area contributed by atoms with Gasteiger partial charge in [0.05, 0.1) is 6.26 Å². The summed E-state index contributed by atoms with van der Waals surface area (Å²) in [6.45, 7) is -0.790. The van der Waals surface area contributed by atoms with E-state index in [0.29, 0.717) is 10.4 Å². The normalized spacial score (nSPS) is 18.6. The van der Waals surface area contributed by atoms with Gasteiger partial charge in [0.15, 0.2) is 0 Å². The molecule has 14 heteroatoms. The number of benzene rings is 1. The quantitative estimate of drug-likeness (QED) is 0.356. The van der Waals surface area contributed by atoms with Gasteiger partial charge in [0.25, 0.3) is 15.9 Å². The van der Waals surface area contributed by atoms with Crippen LogP contribution >= 0.6 is 11.3 Å². The van der Waals surface area contributed by atoms with Crippen LogP contribution in [0.1, 0.15) is 0 Å². The second kappa shape index (κ2) is 9.71. The summed E-state index contributed by atoms with van der Waals surface area (Å²) < 4.78 is 64.7. The Morgan fingerprint density at radius 2 is 1.77 bits per heavy atom. The molecular weight excluding hydrogens is 468 g/mol. The SMILES string of the molecule is CS(=O)(=O)N1CCN(S(=O)(=O)c2ccc(-c3ccc(F)cc3)s2)[C@@H](C(=O)NO)C1.[Na]. The molecule has 2 heterocycles. The van der Waals surface area contributed by atoms with Crippen molar-refractivity contribution in [1.29, 1.82) is 0 Å². The average Bonchev–Trinajstić information content (AvgIpc) is 3.18. The van der Waals surface area contributed by atoms with E-state index < -0.39 is 44.4 Å². The van der Waals surface area contributed by atoms with Crippen molar-refractivity contribution in [2.45, 2.75) is 10.3 Å². The van der Waals surface area contributed by atoms with Crippen molar-refractivity contribution in [3.05, 3.63) is 42.2 Å². The van der Waals surface area contributed by atoms with E-state index >= 15 is 0 Å². The van der Waals surface area contributed by atoms with Gasteiger partial charge >= 0.3 is 0 Å². The van der Waals surface area contributed by atoms with Gasteiger partial charge in [-0.15, -0.1) is 11.3 Å². The van der Waals surface area contributed by atoms with Crippen LogP contribution in [0.5, 0.6) is 0 Å². The van der Waals surface area contributed by atoms with Gasteiger partial charge in [0, 0.05) is 54.1 Å². The summed E-state index contributed by atoms with van der Waals surface area (Å²) >= 11 is 0.942. The zero-order chi connectivity index (χ0) is 21.4. The third-order valence-electron chi connectivity index (χ3n) is 4.45. The molecule has 0 bridgehead atoms. The molecule has 30 heavy (non-hydrogen) atoms. The molecular formula is C16H18FN3NaO6S3. The van der Waals surface area contributed by atoms with Crippen LogP contribution in [0.4, 0.5) is 4.39 Å². The first-order valence-electron chi connectivity index (χ1n) is 8.31. The molecule has 0 spiro atoms. The van der Waals surface area contributed by atoms with Crippen LogP contribution in [0, 0.1) is 5.82 Å². The van der Waals surface area contributed by atoms with E-state index in [9.17, 15) is 26.0 Å². The molecule has 0 unspecified atom stereocenters. The second-order valence-electron chi connectivity index (χ2n) is 6.35. The van der Waals surface area contributed by atoms with Crippen LogP contribution in [0.2, 0.25) is 0 Å². The van der Waals surface area contributed by atoms with Gasteiger partial charge in [0.1, 0.15) is 16.1 Å². The maximum absolute atomic E-state index is 13.1. The van der Waals surface area contributed by atoms with E-state index in [2.05, 4.69) is 0 Å². The molecule has 0 aliphatic carbocycles. The Morgan fingerprint density at radius 3 is 2.33 bits per heavy atom. The van der Waals surface area contributed by atoms with Crippen LogP contribution in [-0.4, -0.2) is 98.0 Å². The smallest absolute Gasteiger partial charge is 0.263 e. The van der Waals surface area contributed by atoms with Crippen molar-refractivity contribution in [2.75, 3.05) is 25.9 Å². The van der Waals surface area contributed by atoms with Gasteiger partial charge in [-0.2, -0.15) is 8.61 Å². The number of sulfonamides is 2. The Hall–Kier alpha value is -0.900. The summed E-state index contributed by atoms with van der Waals surface area (Å²) in [4.78, 5) is 12.7. The Kier molecular flexibility index (Phi) is 8.21. The molecule has 159 valence electrons. The number of rotatable bonds is 5. The first-order chi connectivity index (χ1) is 13.5. The number of hydrogen-bond donors (Lipinski definition) is 2. The molecule has 0 saturated carbocycles. The summed E-state index contributed by atoms with van der Waals surface area (Å²) in [5, 5.41) is 8.99. The number of carbonyl (C=O) groups is 1. The summed E-state index contributed by atoms with van der Waals surface area (Å²) in [6, 6.07) is 7.07. The van der Waals surface area contributed by atoms with E-state index in [1.54, 1.807) is 6.07 Å². The van der Waals surface area contributed by atoms with Crippen LogP contribution in [0.15, 0.2) is 40.6 Å². The van der Waals surface area contributed by atoms with Crippen molar-refractivity contribution in [3.63, 3.8) is 0 Å². The molecule has 1 radical (unpaired) electrons. The third-order valence-corrected chi connectivity index (χ3v) is 9.23. The summed E-state index contributed by atoms with van der Waals surface area (Å²) in [6.07, 6.45) is 0.958. The van der Waals surface area contributed by atoms with Gasteiger partial charge < -0.3 is 0 Å². The number of amides is 1. The van der Waals surface area contributed by atoms with Crippen LogP contribution in [-0.2, 0) is 24.8 Å². The topological polar surface area (TPSA) is 124 Å². The third kappa shape index (κ3) is 5.29. The minimum atomic E-state index is -4.15. The number of hydroxylamine groups is 1. The minimum Gasteiger partial charge on any atom is -0.289 e. The summed E-state index contributed by atoms with van der Waals surface area (Å²) in [5.41, 5.74) is 2.03. The fourth-order valence-electron chi connectivity index (χ4n) is 2.96. The Morgan fingerprint density at radius 1 is 1.13 bits per heavy atom. The van der Waals surface area contributed by atoms with Crippen LogP contribution in [0.25, 0.3) is 10.4 Å². The Labute approximate surface area is 199 Å². The summed E-state index contributed by atoms with van der Waals surface area (Å²) in [5.74, 6) is -1.45. The van der Waals surface area contributed by atoms with E-state index in [1.807, 2.05) is 0 Å². The average molecular weight is 487 g/mol. The predicted molar refractivity (Wildman–Crippen MR) is 109 cm³/mol. The van der Waals surface area contributed by atoms with Crippen molar-refractivity contribution in [2.24, 2.45) is 0 Å². The Balaban J connectivity index is 0.00000320. The first kappa shape index (κ1) is 25.4. The maximum atomic E-state index is 13.1. The molecule has 9 nitrogen and oxygen atoms in total. The van der Waals surface area contributed by atoms with Crippen molar-refractivity contribution >= 4 is 66.8 Å². The zero-order valence-electron chi connectivity index (χ0n) is 16.1. The van der Waals surface area contributed by atoms with Gasteiger partial charge in [-0.3, -0.25) is 10.0 Å². The number of nitrogens with one attached hydrogen (secondary N) is 1. The fourth-order valence-corrected chi connectivity index (χ4v) is 6.80. The minimum absolute atomic E-state index is 0. The van der Waals surface area contributed by atoms with Crippen molar-refractivity contribution < 1.29 is 31.2 Å². The van der Waals surface area contributed by atoms with Crippen molar-refractivity contribution in [3.8, 4) is 10.4 Å². The number of nitrogens with zero attached hydrogens (tertiary/aromatic N) is 2. The van der Waals surface area contributed by atoms with Crippen molar-refractivity contribution in [1.82, 2.24) is 14.1 Å². The molecule has 1 atom stereocenters. The van der Waals surface area contributed by atoms with Gasteiger partial charge in [-0.1, -0.05) is 12.1 Å². The van der Waals surface area contributed by atoms with E-state index in [-0.39, 0.29) is 46.9 Å². The molecule has 1 fully saturated rings.